The molecular weight excluding hydrogens is 254 g/mol. The quantitative estimate of drug-likeness (QED) is 0.780. The van der Waals surface area contributed by atoms with Crippen LogP contribution < -0.4 is 5.32 Å². The minimum Gasteiger partial charge on any atom is -0.317 e. The molecule has 6 heteroatoms. The number of amides is 2. The Morgan fingerprint density at radius 1 is 1.00 bits per heavy atom. The summed E-state index contributed by atoms with van der Waals surface area (Å²) in [6, 6.07) is 1.43. The van der Waals surface area contributed by atoms with Crippen molar-refractivity contribution in [2.45, 2.75) is 18.9 Å². The summed E-state index contributed by atoms with van der Waals surface area (Å²) in [5, 5.41) is 3.14. The van der Waals surface area contributed by atoms with Crippen LogP contribution in [0.5, 0.6) is 0 Å². The van der Waals surface area contributed by atoms with E-state index in [9.17, 15) is 18.4 Å². The molecular formula is C13H12F2N2O2. The Morgan fingerprint density at radius 3 is 1.95 bits per heavy atom. The van der Waals surface area contributed by atoms with E-state index in [1.54, 1.807) is 0 Å². The van der Waals surface area contributed by atoms with Gasteiger partial charge in [-0.2, -0.15) is 0 Å². The van der Waals surface area contributed by atoms with Crippen molar-refractivity contribution in [3.05, 3.63) is 34.9 Å². The van der Waals surface area contributed by atoms with E-state index in [1.165, 1.54) is 0 Å². The topological polar surface area (TPSA) is 49.4 Å². The molecule has 0 aromatic heterocycles. The van der Waals surface area contributed by atoms with Gasteiger partial charge in [-0.15, -0.1) is 0 Å². The van der Waals surface area contributed by atoms with Crippen molar-refractivity contribution >= 4 is 11.8 Å². The van der Waals surface area contributed by atoms with Crippen molar-refractivity contribution in [2.75, 3.05) is 13.1 Å². The number of imide groups is 1. The maximum Gasteiger partial charge on any atom is 0.261 e. The fraction of sp³-hybridized carbons (Fsp3) is 0.385. The van der Waals surface area contributed by atoms with E-state index >= 15 is 0 Å². The molecule has 19 heavy (non-hydrogen) atoms. The third kappa shape index (κ3) is 1.83. The van der Waals surface area contributed by atoms with E-state index in [2.05, 4.69) is 5.32 Å². The molecule has 0 radical (unpaired) electrons. The van der Waals surface area contributed by atoms with Gasteiger partial charge in [-0.25, -0.2) is 8.78 Å². The van der Waals surface area contributed by atoms with E-state index in [1.807, 2.05) is 0 Å². The molecule has 4 nitrogen and oxygen atoms in total. The van der Waals surface area contributed by atoms with Gasteiger partial charge in [-0.05, 0) is 38.1 Å². The Kier molecular flexibility index (Phi) is 2.82. The fourth-order valence-electron chi connectivity index (χ4n) is 2.65. The monoisotopic (exact) mass is 266 g/mol. The second-order valence-electron chi connectivity index (χ2n) is 4.77. The van der Waals surface area contributed by atoms with Crippen LogP contribution in [0.4, 0.5) is 8.78 Å². The van der Waals surface area contributed by atoms with Crippen molar-refractivity contribution in [1.29, 1.82) is 0 Å². The third-order valence-corrected chi connectivity index (χ3v) is 3.63. The molecule has 0 unspecified atom stereocenters. The largest absolute Gasteiger partial charge is 0.317 e. The van der Waals surface area contributed by atoms with Crippen molar-refractivity contribution in [2.24, 2.45) is 0 Å². The maximum absolute atomic E-state index is 13.2. The summed E-state index contributed by atoms with van der Waals surface area (Å²) >= 11 is 0. The normalized spacial score (nSPS) is 20.0. The first-order chi connectivity index (χ1) is 9.09. The van der Waals surface area contributed by atoms with Crippen molar-refractivity contribution in [3.63, 3.8) is 0 Å². The molecule has 3 rings (SSSR count). The van der Waals surface area contributed by atoms with Crippen molar-refractivity contribution in [3.8, 4) is 0 Å². The molecule has 2 aliphatic heterocycles. The number of rotatable bonds is 1. The first-order valence-electron chi connectivity index (χ1n) is 6.17. The Morgan fingerprint density at radius 2 is 1.47 bits per heavy atom. The van der Waals surface area contributed by atoms with Gasteiger partial charge in [0.25, 0.3) is 11.8 Å². The Balaban J connectivity index is 1.99. The van der Waals surface area contributed by atoms with Crippen LogP contribution in [0.2, 0.25) is 0 Å². The summed E-state index contributed by atoms with van der Waals surface area (Å²) in [5.41, 5.74) is -0.0788. The number of nitrogens with zero attached hydrogens (tertiary/aromatic N) is 1. The molecule has 1 aromatic rings. The van der Waals surface area contributed by atoms with Gasteiger partial charge in [0.2, 0.25) is 0 Å². The predicted octanol–water partition coefficient (Wildman–Crippen LogP) is 1.31. The molecule has 0 atom stereocenters. The molecule has 1 saturated heterocycles. The number of carbonyl (C=O) groups excluding carboxylic acids is 2. The van der Waals surface area contributed by atoms with Crippen LogP contribution in [-0.4, -0.2) is 35.8 Å². The van der Waals surface area contributed by atoms with Gasteiger partial charge in [-0.3, -0.25) is 14.5 Å². The second kappa shape index (κ2) is 4.38. The highest BCUT2D eigenvalue weighted by Crippen LogP contribution is 2.29. The average Bonchev–Trinajstić information content (AvgIpc) is 2.64. The van der Waals surface area contributed by atoms with Crippen LogP contribution in [0, 0.1) is 11.6 Å². The molecule has 2 heterocycles. The Labute approximate surface area is 108 Å². The molecule has 2 aliphatic rings. The predicted molar refractivity (Wildman–Crippen MR) is 62.7 cm³/mol. The lowest BCUT2D eigenvalue weighted by Crippen LogP contribution is -2.45. The zero-order valence-corrected chi connectivity index (χ0v) is 10.1. The first-order valence-corrected chi connectivity index (χ1v) is 6.17. The van der Waals surface area contributed by atoms with Crippen molar-refractivity contribution < 1.29 is 18.4 Å². The zero-order valence-electron chi connectivity index (χ0n) is 10.1. The summed E-state index contributed by atoms with van der Waals surface area (Å²) < 4.78 is 26.4. The van der Waals surface area contributed by atoms with E-state index in [0.717, 1.165) is 30.1 Å². The molecule has 0 saturated carbocycles. The second-order valence-corrected chi connectivity index (χ2v) is 4.77. The van der Waals surface area contributed by atoms with Gasteiger partial charge in [0.1, 0.15) is 0 Å². The molecule has 1 aromatic carbocycles. The summed E-state index contributed by atoms with van der Waals surface area (Å²) in [6.07, 6.45) is 1.33. The SMILES string of the molecule is O=C1c2cc(F)c(F)cc2C(=O)N1C1CCNCC1. The number of nitrogens with one attached hydrogen (secondary N) is 1. The lowest BCUT2D eigenvalue weighted by molar-refractivity contribution is 0.0555. The van der Waals surface area contributed by atoms with Crippen LogP contribution in [0.1, 0.15) is 33.6 Å². The molecule has 1 fully saturated rings. The fourth-order valence-corrected chi connectivity index (χ4v) is 2.65. The number of fused-ring (bicyclic) bond motifs is 1. The number of hydrogen-bond donors (Lipinski definition) is 1. The smallest absolute Gasteiger partial charge is 0.261 e. The molecule has 2 amide bonds. The van der Waals surface area contributed by atoms with E-state index in [0.29, 0.717) is 12.8 Å². The average molecular weight is 266 g/mol. The van der Waals surface area contributed by atoms with Gasteiger partial charge in [0, 0.05) is 6.04 Å². The Bertz CT molecular complexity index is 527. The minimum atomic E-state index is -1.10. The molecule has 1 N–H and O–H groups in total. The summed E-state index contributed by atoms with van der Waals surface area (Å²) in [5.74, 6) is -3.25. The molecule has 0 aliphatic carbocycles. The maximum atomic E-state index is 13.2. The van der Waals surface area contributed by atoms with E-state index < -0.39 is 23.4 Å². The number of halogens is 2. The van der Waals surface area contributed by atoms with Crippen LogP contribution in [0.3, 0.4) is 0 Å². The lowest BCUT2D eigenvalue weighted by Gasteiger charge is -2.29. The van der Waals surface area contributed by atoms with Crippen molar-refractivity contribution in [1.82, 2.24) is 10.2 Å². The standard InChI is InChI=1S/C13H12F2N2O2/c14-10-5-8-9(6-11(10)15)13(19)17(12(8)18)7-1-3-16-4-2-7/h5-7,16H,1-4H2. The summed E-state index contributed by atoms with van der Waals surface area (Å²) in [7, 11) is 0. The zero-order chi connectivity index (χ0) is 13.6. The summed E-state index contributed by atoms with van der Waals surface area (Å²) in [4.78, 5) is 25.5. The van der Waals surface area contributed by atoms with E-state index in [-0.39, 0.29) is 17.2 Å². The number of hydrogen-bond acceptors (Lipinski definition) is 3. The third-order valence-electron chi connectivity index (χ3n) is 3.63. The van der Waals surface area contributed by atoms with Gasteiger partial charge in [0.15, 0.2) is 11.6 Å². The summed E-state index contributed by atoms with van der Waals surface area (Å²) in [6.45, 7) is 1.45. The number of carbonyl (C=O) groups is 2. The highest BCUT2D eigenvalue weighted by molar-refractivity contribution is 6.21. The van der Waals surface area contributed by atoms with Crippen LogP contribution in [-0.2, 0) is 0 Å². The van der Waals surface area contributed by atoms with Gasteiger partial charge in [-0.1, -0.05) is 0 Å². The van der Waals surface area contributed by atoms with Crippen LogP contribution in [0.15, 0.2) is 12.1 Å². The number of benzene rings is 1. The van der Waals surface area contributed by atoms with Gasteiger partial charge < -0.3 is 5.32 Å². The molecule has 0 spiro atoms. The number of piperidine rings is 1. The van der Waals surface area contributed by atoms with Crippen LogP contribution >= 0.6 is 0 Å². The van der Waals surface area contributed by atoms with Gasteiger partial charge in [0.05, 0.1) is 11.1 Å². The Hall–Kier alpha value is -1.82. The minimum absolute atomic E-state index is 0.0394. The van der Waals surface area contributed by atoms with E-state index in [4.69, 9.17) is 0 Å². The molecule has 0 bridgehead atoms. The van der Waals surface area contributed by atoms with Crippen LogP contribution in [0.25, 0.3) is 0 Å². The highest BCUT2D eigenvalue weighted by atomic mass is 19.2. The van der Waals surface area contributed by atoms with Gasteiger partial charge >= 0.3 is 0 Å². The molecule has 100 valence electrons. The lowest BCUT2D eigenvalue weighted by atomic mass is 10.1. The highest BCUT2D eigenvalue weighted by Gasteiger charge is 2.41. The first kappa shape index (κ1) is 12.2.